The summed E-state index contributed by atoms with van der Waals surface area (Å²) in [6.45, 7) is 0.423. The van der Waals surface area contributed by atoms with Crippen molar-refractivity contribution in [3.05, 3.63) is 106 Å². The van der Waals surface area contributed by atoms with Crippen molar-refractivity contribution < 1.29 is 14.5 Å². The molecule has 162 valence electrons. The summed E-state index contributed by atoms with van der Waals surface area (Å²) in [4.78, 5) is 37.6. The summed E-state index contributed by atoms with van der Waals surface area (Å²) in [5.74, 6) is -0.954. The minimum absolute atomic E-state index is 0.0842. The first-order valence-electron chi connectivity index (χ1n) is 9.61. The fraction of sp³-hybridized carbons (Fsp3) is 0.0870. The van der Waals surface area contributed by atoms with Gasteiger partial charge in [0, 0.05) is 19.7 Å². The smallest absolute Gasteiger partial charge is 0.282 e. The summed E-state index contributed by atoms with van der Waals surface area (Å²) in [7, 11) is 1.70. The van der Waals surface area contributed by atoms with Gasteiger partial charge >= 0.3 is 0 Å². The van der Waals surface area contributed by atoms with Crippen LogP contribution in [0.5, 0.6) is 0 Å². The molecule has 2 N–H and O–H groups in total. The number of nitro benzene ring substituents is 1. The zero-order valence-corrected chi connectivity index (χ0v) is 18.0. The Bertz CT molecular complexity index is 1170. The van der Waals surface area contributed by atoms with Crippen molar-refractivity contribution >= 4 is 40.5 Å². The van der Waals surface area contributed by atoms with Crippen molar-refractivity contribution in [2.75, 3.05) is 12.4 Å². The Morgan fingerprint density at radius 2 is 1.53 bits per heavy atom. The van der Waals surface area contributed by atoms with E-state index in [-0.39, 0.29) is 22.3 Å². The van der Waals surface area contributed by atoms with Gasteiger partial charge in [0.15, 0.2) is 5.11 Å². The van der Waals surface area contributed by atoms with Crippen LogP contribution >= 0.6 is 12.2 Å². The monoisotopic (exact) mass is 448 g/mol. The number of nitrogens with one attached hydrogen (secondary N) is 2. The molecule has 3 rings (SSSR count). The number of benzene rings is 3. The van der Waals surface area contributed by atoms with E-state index in [9.17, 15) is 19.7 Å². The van der Waals surface area contributed by atoms with Gasteiger partial charge < -0.3 is 10.2 Å². The van der Waals surface area contributed by atoms with Crippen LogP contribution in [0.3, 0.4) is 0 Å². The van der Waals surface area contributed by atoms with E-state index in [1.165, 1.54) is 24.3 Å². The Morgan fingerprint density at radius 1 is 0.938 bits per heavy atom. The fourth-order valence-electron chi connectivity index (χ4n) is 3.06. The van der Waals surface area contributed by atoms with Crippen LogP contribution in [-0.2, 0) is 6.54 Å². The third-order valence-electron chi connectivity index (χ3n) is 4.59. The van der Waals surface area contributed by atoms with Crippen LogP contribution in [-0.4, -0.2) is 33.8 Å². The van der Waals surface area contributed by atoms with Crippen molar-refractivity contribution in [1.82, 2.24) is 10.2 Å². The summed E-state index contributed by atoms with van der Waals surface area (Å²) in [6.07, 6.45) is 0. The zero-order chi connectivity index (χ0) is 23.1. The summed E-state index contributed by atoms with van der Waals surface area (Å²) >= 11 is 5.20. The molecule has 0 saturated heterocycles. The number of nitrogens with zero attached hydrogens (tertiary/aromatic N) is 2. The Morgan fingerprint density at radius 3 is 2.22 bits per heavy atom. The number of carbonyl (C=O) groups is 2. The van der Waals surface area contributed by atoms with E-state index in [0.29, 0.717) is 17.8 Å². The quantitative estimate of drug-likeness (QED) is 0.336. The van der Waals surface area contributed by atoms with E-state index >= 15 is 0 Å². The number of amides is 2. The van der Waals surface area contributed by atoms with Crippen LogP contribution in [0, 0.1) is 10.1 Å². The molecule has 0 fully saturated rings. The molecule has 0 atom stereocenters. The maximum atomic E-state index is 13.0. The SMILES string of the molecule is CN(Cc1ccccc1)C(=O)c1ccccc1NC(=S)NC(=O)c1ccccc1[N+](=O)[O-]. The first-order valence-corrected chi connectivity index (χ1v) is 10.0. The number of anilines is 1. The van der Waals surface area contributed by atoms with Crippen molar-refractivity contribution in [1.29, 1.82) is 0 Å². The highest BCUT2D eigenvalue weighted by Gasteiger charge is 2.21. The molecule has 32 heavy (non-hydrogen) atoms. The van der Waals surface area contributed by atoms with Gasteiger partial charge in [-0.15, -0.1) is 0 Å². The lowest BCUT2D eigenvalue weighted by atomic mass is 10.1. The van der Waals surface area contributed by atoms with E-state index in [2.05, 4.69) is 10.6 Å². The van der Waals surface area contributed by atoms with Crippen LogP contribution in [0.15, 0.2) is 78.9 Å². The highest BCUT2D eigenvalue weighted by molar-refractivity contribution is 7.80. The molecule has 9 heteroatoms. The molecule has 3 aromatic carbocycles. The predicted molar refractivity (Wildman–Crippen MR) is 125 cm³/mol. The van der Waals surface area contributed by atoms with Gasteiger partial charge in [0.25, 0.3) is 17.5 Å². The van der Waals surface area contributed by atoms with Crippen LogP contribution in [0.25, 0.3) is 0 Å². The molecule has 2 amide bonds. The summed E-state index contributed by atoms with van der Waals surface area (Å²) in [5.41, 5.74) is 1.32. The fourth-order valence-corrected chi connectivity index (χ4v) is 3.26. The second-order valence-corrected chi connectivity index (χ2v) is 7.28. The molecule has 0 aliphatic heterocycles. The zero-order valence-electron chi connectivity index (χ0n) is 17.1. The molecule has 0 aromatic heterocycles. The van der Waals surface area contributed by atoms with Gasteiger partial charge in [-0.1, -0.05) is 54.6 Å². The molecule has 0 radical (unpaired) electrons. The molecule has 8 nitrogen and oxygen atoms in total. The third-order valence-corrected chi connectivity index (χ3v) is 4.79. The number of thiocarbonyl (C=S) groups is 1. The standard InChI is InChI=1S/C23H20N4O4S/c1-26(15-16-9-3-2-4-10-16)22(29)17-11-5-7-13-19(17)24-23(32)25-21(28)18-12-6-8-14-20(18)27(30)31/h2-14H,15H2,1H3,(H2,24,25,28,32). The first kappa shape index (κ1) is 22.6. The van der Waals surface area contributed by atoms with E-state index in [4.69, 9.17) is 12.2 Å². The number of rotatable bonds is 6. The van der Waals surface area contributed by atoms with Crippen molar-refractivity contribution in [2.24, 2.45) is 0 Å². The molecular formula is C23H20N4O4S. The summed E-state index contributed by atoms with van der Waals surface area (Å²) in [5, 5.41) is 16.3. The average molecular weight is 449 g/mol. The highest BCUT2D eigenvalue weighted by Crippen LogP contribution is 2.19. The Hall–Kier alpha value is -4.11. The van der Waals surface area contributed by atoms with Gasteiger partial charge in [0.05, 0.1) is 16.2 Å². The van der Waals surface area contributed by atoms with Gasteiger partial charge in [-0.25, -0.2) is 0 Å². The topological polar surface area (TPSA) is 105 Å². The van der Waals surface area contributed by atoms with E-state index in [1.807, 2.05) is 30.3 Å². The van der Waals surface area contributed by atoms with E-state index in [1.54, 1.807) is 36.2 Å². The van der Waals surface area contributed by atoms with Gasteiger partial charge in [-0.05, 0) is 36.0 Å². The minimum Gasteiger partial charge on any atom is -0.337 e. The molecule has 3 aromatic rings. The van der Waals surface area contributed by atoms with Gasteiger partial charge in [0.2, 0.25) is 0 Å². The van der Waals surface area contributed by atoms with Crippen LogP contribution in [0.4, 0.5) is 11.4 Å². The highest BCUT2D eigenvalue weighted by atomic mass is 32.1. The third kappa shape index (κ3) is 5.52. The largest absolute Gasteiger partial charge is 0.337 e. The predicted octanol–water partition coefficient (Wildman–Crippen LogP) is 3.99. The molecule has 0 aliphatic rings. The number of hydrogen-bond acceptors (Lipinski definition) is 5. The number of nitro groups is 1. The van der Waals surface area contributed by atoms with Crippen LogP contribution < -0.4 is 10.6 Å². The van der Waals surface area contributed by atoms with E-state index < -0.39 is 10.8 Å². The van der Waals surface area contributed by atoms with E-state index in [0.717, 1.165) is 5.56 Å². The van der Waals surface area contributed by atoms with Crippen molar-refractivity contribution in [3.8, 4) is 0 Å². The van der Waals surface area contributed by atoms with Crippen molar-refractivity contribution in [2.45, 2.75) is 6.54 Å². The Kier molecular flexibility index (Phi) is 7.25. The minimum atomic E-state index is -0.722. The lowest BCUT2D eigenvalue weighted by Gasteiger charge is -2.20. The molecule has 0 heterocycles. The normalized spacial score (nSPS) is 10.2. The Labute approximate surface area is 190 Å². The summed E-state index contributed by atoms with van der Waals surface area (Å²) in [6, 6.07) is 21.9. The lowest BCUT2D eigenvalue weighted by molar-refractivity contribution is -0.385. The van der Waals surface area contributed by atoms with Crippen LogP contribution in [0.1, 0.15) is 26.3 Å². The first-order chi connectivity index (χ1) is 15.4. The second kappa shape index (κ2) is 10.3. The number of carbonyl (C=O) groups excluding carboxylic acids is 2. The molecule has 0 bridgehead atoms. The lowest BCUT2D eigenvalue weighted by Crippen LogP contribution is -2.35. The summed E-state index contributed by atoms with van der Waals surface area (Å²) < 4.78 is 0. The van der Waals surface area contributed by atoms with Gasteiger partial charge in [0.1, 0.15) is 5.56 Å². The molecule has 0 unspecified atom stereocenters. The van der Waals surface area contributed by atoms with Crippen LogP contribution in [0.2, 0.25) is 0 Å². The maximum Gasteiger partial charge on any atom is 0.282 e. The molecule has 0 aliphatic carbocycles. The Balaban J connectivity index is 1.72. The molecule has 0 saturated carbocycles. The second-order valence-electron chi connectivity index (χ2n) is 6.87. The van der Waals surface area contributed by atoms with Gasteiger partial charge in [-0.2, -0.15) is 0 Å². The molecule has 0 spiro atoms. The van der Waals surface area contributed by atoms with Gasteiger partial charge in [-0.3, -0.25) is 25.0 Å². The average Bonchev–Trinajstić information content (AvgIpc) is 2.79. The molecular weight excluding hydrogens is 428 g/mol. The number of hydrogen-bond donors (Lipinski definition) is 2. The van der Waals surface area contributed by atoms with Crippen molar-refractivity contribution in [3.63, 3.8) is 0 Å². The maximum absolute atomic E-state index is 13.0. The number of para-hydroxylation sites is 2.